The topological polar surface area (TPSA) is 152 Å². The zero-order valence-electron chi connectivity index (χ0n) is 13.8. The van der Waals surface area contributed by atoms with Crippen molar-refractivity contribution in [2.24, 2.45) is 0 Å². The average molecular weight is 382 g/mol. The van der Waals surface area contributed by atoms with Gasteiger partial charge in [-0.25, -0.2) is 8.42 Å². The maximum atomic E-state index is 13.0. The monoisotopic (exact) mass is 382 g/mol. The molecule has 0 amide bonds. The van der Waals surface area contributed by atoms with Gasteiger partial charge in [0.05, 0.1) is 0 Å². The first-order valence-corrected chi connectivity index (χ1v) is 9.34. The highest BCUT2D eigenvalue weighted by atomic mass is 32.2. The number of nitrogens with one attached hydrogen (secondary N) is 2. The lowest BCUT2D eigenvalue weighted by Crippen LogP contribution is -2.23. The molecule has 0 bridgehead atoms. The number of sulfone groups is 1. The summed E-state index contributed by atoms with van der Waals surface area (Å²) in [7, 11) is -4.38. The lowest BCUT2D eigenvalue weighted by molar-refractivity contribution is 0.594. The van der Waals surface area contributed by atoms with Crippen LogP contribution < -0.4 is 22.6 Å². The number of rotatable bonds is 2. The van der Waals surface area contributed by atoms with E-state index in [4.69, 9.17) is 11.5 Å². The van der Waals surface area contributed by atoms with E-state index in [1.165, 1.54) is 24.3 Å². The molecule has 9 heteroatoms. The van der Waals surface area contributed by atoms with E-state index in [0.29, 0.717) is 33.2 Å². The van der Waals surface area contributed by atoms with E-state index in [9.17, 15) is 18.0 Å². The average Bonchev–Trinajstić information content (AvgIpc) is 2.61. The SMILES string of the molecule is Nc1ccc2[nH]c(=O)c(S(=O)(=O)c3cc4cc(N)ccc4[nH]c3=O)cc2c1. The van der Waals surface area contributed by atoms with Gasteiger partial charge in [-0.2, -0.15) is 0 Å². The summed E-state index contributed by atoms with van der Waals surface area (Å²) in [5.41, 5.74) is 11.5. The Labute approximate surface area is 152 Å². The Morgan fingerprint density at radius 1 is 0.667 bits per heavy atom. The molecule has 136 valence electrons. The van der Waals surface area contributed by atoms with E-state index >= 15 is 0 Å². The van der Waals surface area contributed by atoms with Crippen molar-refractivity contribution in [3.05, 3.63) is 69.2 Å². The number of fused-ring (bicyclic) bond motifs is 2. The van der Waals surface area contributed by atoms with E-state index in [0.717, 1.165) is 0 Å². The largest absolute Gasteiger partial charge is 0.399 e. The molecule has 0 aliphatic rings. The summed E-state index contributed by atoms with van der Waals surface area (Å²) in [6.07, 6.45) is 0. The number of aromatic amines is 2. The van der Waals surface area contributed by atoms with Crippen LogP contribution in [0.15, 0.2) is 67.9 Å². The van der Waals surface area contributed by atoms with Gasteiger partial charge in [-0.05, 0) is 48.5 Å². The van der Waals surface area contributed by atoms with E-state index < -0.39 is 30.7 Å². The number of nitrogen functional groups attached to an aromatic ring is 2. The highest BCUT2D eigenvalue weighted by Crippen LogP contribution is 2.23. The Morgan fingerprint density at radius 3 is 1.48 bits per heavy atom. The zero-order chi connectivity index (χ0) is 19.3. The predicted octanol–water partition coefficient (Wildman–Crippen LogP) is 1.37. The number of aromatic nitrogens is 2. The van der Waals surface area contributed by atoms with Gasteiger partial charge in [0.1, 0.15) is 9.79 Å². The molecule has 0 saturated carbocycles. The molecule has 0 aliphatic carbocycles. The maximum Gasteiger partial charge on any atom is 0.267 e. The molecule has 2 heterocycles. The standard InChI is InChI=1S/C18H14N4O4S/c19-11-1-3-13-9(5-11)7-15(17(23)21-13)27(25,26)16-8-10-6-12(20)2-4-14(10)22-18(16)24/h1-8H,19-20H2,(H,21,23)(H,22,24). The Hall–Kier alpha value is -3.59. The van der Waals surface area contributed by atoms with Crippen LogP contribution in [0.4, 0.5) is 11.4 Å². The van der Waals surface area contributed by atoms with E-state index in [-0.39, 0.29) is 0 Å². The molecule has 2 aromatic carbocycles. The lowest BCUT2D eigenvalue weighted by Gasteiger charge is -2.07. The van der Waals surface area contributed by atoms with Crippen molar-refractivity contribution < 1.29 is 8.42 Å². The van der Waals surface area contributed by atoms with Crippen molar-refractivity contribution in [2.45, 2.75) is 9.79 Å². The van der Waals surface area contributed by atoms with Gasteiger partial charge in [0.15, 0.2) is 0 Å². The van der Waals surface area contributed by atoms with Crippen LogP contribution in [0.2, 0.25) is 0 Å². The van der Waals surface area contributed by atoms with Crippen LogP contribution in [0.25, 0.3) is 21.8 Å². The van der Waals surface area contributed by atoms with E-state index in [1.807, 2.05) is 0 Å². The fraction of sp³-hybridized carbons (Fsp3) is 0. The first kappa shape index (κ1) is 16.9. The fourth-order valence-electron chi connectivity index (χ4n) is 2.93. The molecule has 0 saturated heterocycles. The molecule has 8 nitrogen and oxygen atoms in total. The second-order valence-electron chi connectivity index (χ2n) is 6.12. The summed E-state index contributed by atoms with van der Waals surface area (Å²) in [6.45, 7) is 0. The first-order valence-electron chi connectivity index (χ1n) is 7.86. The quantitative estimate of drug-likeness (QED) is 0.384. The smallest absolute Gasteiger partial charge is 0.267 e. The van der Waals surface area contributed by atoms with Gasteiger partial charge in [0.2, 0.25) is 9.84 Å². The summed E-state index contributed by atoms with van der Waals surface area (Å²) in [4.78, 5) is 28.7. The molecule has 0 radical (unpaired) electrons. The Morgan fingerprint density at radius 2 is 1.07 bits per heavy atom. The van der Waals surface area contributed by atoms with Gasteiger partial charge < -0.3 is 21.4 Å². The number of hydrogen-bond acceptors (Lipinski definition) is 6. The van der Waals surface area contributed by atoms with Gasteiger partial charge >= 0.3 is 0 Å². The highest BCUT2D eigenvalue weighted by Gasteiger charge is 2.25. The Balaban J connectivity index is 2.01. The van der Waals surface area contributed by atoms with Crippen molar-refractivity contribution in [3.8, 4) is 0 Å². The van der Waals surface area contributed by atoms with Gasteiger partial charge in [-0.1, -0.05) is 0 Å². The molecule has 0 atom stereocenters. The summed E-state index contributed by atoms with van der Waals surface area (Å²) in [6, 6.07) is 11.8. The van der Waals surface area contributed by atoms with Gasteiger partial charge in [0.25, 0.3) is 11.1 Å². The second-order valence-corrected chi connectivity index (χ2v) is 8.01. The minimum Gasteiger partial charge on any atom is -0.399 e. The van der Waals surface area contributed by atoms with Crippen LogP contribution in [0, 0.1) is 0 Å². The normalized spacial score (nSPS) is 11.9. The molecule has 2 aromatic heterocycles. The predicted molar refractivity (Wildman–Crippen MR) is 103 cm³/mol. The van der Waals surface area contributed by atoms with Gasteiger partial charge in [-0.15, -0.1) is 0 Å². The number of hydrogen-bond donors (Lipinski definition) is 4. The maximum absolute atomic E-state index is 13.0. The number of anilines is 2. The van der Waals surface area contributed by atoms with Crippen molar-refractivity contribution in [2.75, 3.05) is 11.5 Å². The van der Waals surface area contributed by atoms with Crippen molar-refractivity contribution in [1.82, 2.24) is 9.97 Å². The van der Waals surface area contributed by atoms with Crippen LogP contribution in [-0.2, 0) is 9.84 Å². The molecule has 4 rings (SSSR count). The molecule has 0 aliphatic heterocycles. The summed E-state index contributed by atoms with van der Waals surface area (Å²) >= 11 is 0. The second kappa shape index (κ2) is 5.71. The summed E-state index contributed by atoms with van der Waals surface area (Å²) < 4.78 is 26.1. The van der Waals surface area contributed by atoms with Crippen LogP contribution in [-0.4, -0.2) is 18.4 Å². The van der Waals surface area contributed by atoms with Crippen molar-refractivity contribution in [1.29, 1.82) is 0 Å². The highest BCUT2D eigenvalue weighted by molar-refractivity contribution is 7.91. The molecule has 27 heavy (non-hydrogen) atoms. The Kier molecular flexibility index (Phi) is 3.57. The molecular weight excluding hydrogens is 368 g/mol. The number of pyridine rings is 2. The molecule has 0 unspecified atom stereocenters. The number of nitrogens with two attached hydrogens (primary N) is 2. The van der Waals surface area contributed by atoms with Crippen LogP contribution in [0.3, 0.4) is 0 Å². The number of benzene rings is 2. The van der Waals surface area contributed by atoms with Crippen LogP contribution in [0.1, 0.15) is 0 Å². The van der Waals surface area contributed by atoms with E-state index in [2.05, 4.69) is 9.97 Å². The lowest BCUT2D eigenvalue weighted by atomic mass is 10.2. The van der Waals surface area contributed by atoms with E-state index in [1.54, 1.807) is 24.3 Å². The third-order valence-corrected chi connectivity index (χ3v) is 6.01. The minimum absolute atomic E-state index is 0.414. The fourth-order valence-corrected chi connectivity index (χ4v) is 4.32. The third kappa shape index (κ3) is 2.74. The molecule has 4 aromatic rings. The molecule has 0 spiro atoms. The van der Waals surface area contributed by atoms with Crippen molar-refractivity contribution >= 4 is 43.0 Å². The molecular formula is C18H14N4O4S. The minimum atomic E-state index is -4.38. The Bertz CT molecular complexity index is 1350. The van der Waals surface area contributed by atoms with Crippen LogP contribution >= 0.6 is 0 Å². The number of H-pyrrole nitrogens is 2. The molecule has 0 fully saturated rings. The van der Waals surface area contributed by atoms with Gasteiger partial charge in [0, 0.05) is 33.2 Å². The summed E-state index contributed by atoms with van der Waals surface area (Å²) in [5, 5.41) is 0.879. The van der Waals surface area contributed by atoms with Gasteiger partial charge in [-0.3, -0.25) is 9.59 Å². The third-order valence-electron chi connectivity index (χ3n) is 4.25. The van der Waals surface area contributed by atoms with Crippen molar-refractivity contribution in [3.63, 3.8) is 0 Å². The summed E-state index contributed by atoms with van der Waals surface area (Å²) in [5.74, 6) is 0. The van der Waals surface area contributed by atoms with Crippen LogP contribution in [0.5, 0.6) is 0 Å². The zero-order valence-corrected chi connectivity index (χ0v) is 14.6. The first-order chi connectivity index (χ1) is 12.8. The molecule has 6 N–H and O–H groups in total.